The Hall–Kier alpha value is -0.590. The van der Waals surface area contributed by atoms with Crippen LogP contribution in [0.5, 0.6) is 0 Å². The Morgan fingerprint density at radius 2 is 2.50 bits per heavy atom. The van der Waals surface area contributed by atoms with E-state index in [-0.39, 0.29) is 0 Å². The van der Waals surface area contributed by atoms with Crippen molar-refractivity contribution in [3.05, 3.63) is 26.2 Å². The van der Waals surface area contributed by atoms with Crippen molar-refractivity contribution in [3.63, 3.8) is 0 Å². The molecule has 0 saturated carbocycles. The monoisotopic (exact) mass is 84.1 g/mol. The molecule has 0 aliphatic heterocycles. The van der Waals surface area contributed by atoms with E-state index in [2.05, 4.69) is 25.2 Å². The molecule has 1 heteroatoms. The molecule has 0 aliphatic carbocycles. The van der Waals surface area contributed by atoms with Crippen LogP contribution in [0.2, 0.25) is 0 Å². The van der Waals surface area contributed by atoms with E-state index >= 15 is 0 Å². The van der Waals surface area contributed by atoms with Crippen LogP contribution in [0.3, 0.4) is 0 Å². The van der Waals surface area contributed by atoms with Gasteiger partial charge in [0.25, 0.3) is 5.76 Å². The Kier molecular flexibility index (Phi) is 2.38. The largest absolute Gasteiger partial charge is 0.496 e. The first-order valence-electron chi connectivity index (χ1n) is 1.70. The van der Waals surface area contributed by atoms with Crippen LogP contribution >= 0.6 is 0 Å². The second-order valence-electron chi connectivity index (χ2n) is 0.887. The molecule has 0 bridgehead atoms. The van der Waals surface area contributed by atoms with Gasteiger partial charge in [0.15, 0.2) is 0 Å². The fourth-order valence-electron chi connectivity index (χ4n) is 0.144. The van der Waals surface area contributed by atoms with Gasteiger partial charge in [0.05, 0.1) is 13.5 Å². The Morgan fingerprint density at radius 1 is 2.00 bits per heavy atom. The summed E-state index contributed by atoms with van der Waals surface area (Å²) < 4.78 is 4.62. The van der Waals surface area contributed by atoms with Crippen LogP contribution < -0.4 is 0 Å². The van der Waals surface area contributed by atoms with E-state index in [1.54, 1.807) is 0 Å². The normalized spacial score (nSPS) is 7.50. The minimum Gasteiger partial charge on any atom is -0.496 e. The van der Waals surface area contributed by atoms with E-state index in [1.807, 2.05) is 0 Å². The number of rotatable bonds is 2. The van der Waals surface area contributed by atoms with Gasteiger partial charge in [-0.05, 0) is 6.61 Å². The predicted molar refractivity (Wildman–Crippen MR) is 25.8 cm³/mol. The average molecular weight is 84.1 g/mol. The SMILES string of the molecule is C=C([CH2+])OC[CH2-]. The molecule has 0 aliphatic rings. The molecular weight excluding hydrogens is 76.1 g/mol. The summed E-state index contributed by atoms with van der Waals surface area (Å²) in [6.45, 7) is 10.6. The fourth-order valence-corrected chi connectivity index (χ4v) is 0.144. The Bertz CT molecular complexity index is 47.9. The van der Waals surface area contributed by atoms with Crippen molar-refractivity contribution in [2.75, 3.05) is 6.61 Å². The van der Waals surface area contributed by atoms with Crippen LogP contribution in [-0.2, 0) is 4.74 Å². The molecular formula is C5H8O. The Morgan fingerprint density at radius 3 is 2.50 bits per heavy atom. The summed E-state index contributed by atoms with van der Waals surface area (Å²) >= 11 is 0. The molecule has 34 valence electrons. The van der Waals surface area contributed by atoms with Gasteiger partial charge in [-0.2, -0.15) is 0 Å². The Balaban J connectivity index is 2.83. The lowest BCUT2D eigenvalue weighted by atomic mass is 10.6. The van der Waals surface area contributed by atoms with Crippen molar-refractivity contribution in [2.45, 2.75) is 0 Å². The standard InChI is InChI=1S/C5H8O/c1-4-6-5(2)3/h1-4H2. The lowest BCUT2D eigenvalue weighted by molar-refractivity contribution is 0.260. The number of allylic oxidation sites excluding steroid dienone is 1. The highest BCUT2D eigenvalue weighted by Crippen LogP contribution is 1.84. The minimum atomic E-state index is 0.419. The van der Waals surface area contributed by atoms with E-state index in [0.717, 1.165) is 0 Å². The number of ether oxygens (including phenoxy) is 1. The maximum Gasteiger partial charge on any atom is 0.267 e. The molecule has 0 radical (unpaired) electrons. The van der Waals surface area contributed by atoms with Crippen molar-refractivity contribution < 1.29 is 4.74 Å². The molecule has 6 heavy (non-hydrogen) atoms. The van der Waals surface area contributed by atoms with Crippen molar-refractivity contribution in [2.24, 2.45) is 0 Å². The first-order chi connectivity index (χ1) is 2.77. The zero-order valence-corrected chi connectivity index (χ0v) is 3.74. The first-order valence-corrected chi connectivity index (χ1v) is 1.70. The molecule has 0 rings (SSSR count). The van der Waals surface area contributed by atoms with Gasteiger partial charge in [-0.3, -0.25) is 0 Å². The van der Waals surface area contributed by atoms with E-state index < -0.39 is 0 Å². The van der Waals surface area contributed by atoms with Crippen LogP contribution in [-0.4, -0.2) is 6.61 Å². The molecule has 0 aromatic heterocycles. The molecule has 0 aromatic carbocycles. The zero-order chi connectivity index (χ0) is 4.99. The number of hydrogen-bond donors (Lipinski definition) is 0. The van der Waals surface area contributed by atoms with Gasteiger partial charge < -0.3 is 11.7 Å². The molecule has 0 N–H and O–H groups in total. The highest BCUT2D eigenvalue weighted by atomic mass is 16.5. The smallest absolute Gasteiger partial charge is 0.267 e. The van der Waals surface area contributed by atoms with Crippen molar-refractivity contribution in [1.29, 1.82) is 0 Å². The second-order valence-corrected chi connectivity index (χ2v) is 0.887. The third-order valence-corrected chi connectivity index (χ3v) is 0.306. The van der Waals surface area contributed by atoms with Crippen molar-refractivity contribution >= 4 is 0 Å². The molecule has 1 nitrogen and oxygen atoms in total. The molecule has 0 saturated heterocycles. The van der Waals surface area contributed by atoms with Gasteiger partial charge >= 0.3 is 0 Å². The van der Waals surface area contributed by atoms with Crippen molar-refractivity contribution in [1.82, 2.24) is 0 Å². The van der Waals surface area contributed by atoms with E-state index in [4.69, 9.17) is 0 Å². The van der Waals surface area contributed by atoms with Crippen LogP contribution in [0.25, 0.3) is 0 Å². The van der Waals surface area contributed by atoms with Crippen LogP contribution in [0.1, 0.15) is 0 Å². The summed E-state index contributed by atoms with van der Waals surface area (Å²) in [4.78, 5) is 0. The third kappa shape index (κ3) is 3.41. The quantitative estimate of drug-likeness (QED) is 0.360. The summed E-state index contributed by atoms with van der Waals surface area (Å²) in [6.07, 6.45) is 0. The van der Waals surface area contributed by atoms with Crippen molar-refractivity contribution in [3.8, 4) is 0 Å². The molecule has 0 spiro atoms. The van der Waals surface area contributed by atoms with Gasteiger partial charge in [-0.15, -0.1) is 0 Å². The fraction of sp³-hybridized carbons (Fsp3) is 0.200. The highest BCUT2D eigenvalue weighted by molar-refractivity contribution is 4.84. The summed E-state index contributed by atoms with van der Waals surface area (Å²) in [7, 11) is 0. The van der Waals surface area contributed by atoms with E-state index in [9.17, 15) is 0 Å². The number of hydrogen-bond acceptors (Lipinski definition) is 1. The third-order valence-electron chi connectivity index (χ3n) is 0.306. The lowest BCUT2D eigenvalue weighted by Gasteiger charge is -1.94. The molecule has 0 fully saturated rings. The predicted octanol–water partition coefficient (Wildman–Crippen LogP) is 1.18. The summed E-state index contributed by atoms with van der Waals surface area (Å²) in [5.74, 6) is 0.477. The first kappa shape index (κ1) is 5.41. The highest BCUT2D eigenvalue weighted by Gasteiger charge is 1.79. The van der Waals surface area contributed by atoms with Gasteiger partial charge in [0.2, 0.25) is 0 Å². The molecule has 0 heterocycles. The van der Waals surface area contributed by atoms with Gasteiger partial charge in [-0.1, -0.05) is 0 Å². The molecule has 0 amide bonds. The second kappa shape index (κ2) is 2.64. The topological polar surface area (TPSA) is 9.23 Å². The van der Waals surface area contributed by atoms with E-state index in [0.29, 0.717) is 12.4 Å². The van der Waals surface area contributed by atoms with Gasteiger partial charge in [-0.25, -0.2) is 0 Å². The van der Waals surface area contributed by atoms with Crippen LogP contribution in [0.15, 0.2) is 12.3 Å². The molecule has 0 atom stereocenters. The van der Waals surface area contributed by atoms with E-state index in [1.165, 1.54) is 0 Å². The lowest BCUT2D eigenvalue weighted by Crippen LogP contribution is -1.82. The van der Waals surface area contributed by atoms with Crippen LogP contribution in [0.4, 0.5) is 0 Å². The van der Waals surface area contributed by atoms with Gasteiger partial charge in [0, 0.05) is 0 Å². The summed E-state index contributed by atoms with van der Waals surface area (Å²) in [6, 6.07) is 0. The maximum atomic E-state index is 4.62. The molecule has 0 aromatic rings. The summed E-state index contributed by atoms with van der Waals surface area (Å²) in [5.41, 5.74) is 0. The van der Waals surface area contributed by atoms with Crippen LogP contribution in [0, 0.1) is 13.8 Å². The summed E-state index contributed by atoms with van der Waals surface area (Å²) in [5, 5.41) is 0. The zero-order valence-electron chi connectivity index (χ0n) is 3.74. The molecule has 0 unspecified atom stereocenters. The Labute approximate surface area is 38.6 Å². The van der Waals surface area contributed by atoms with Gasteiger partial charge in [0.1, 0.15) is 0 Å². The minimum absolute atomic E-state index is 0.419. The maximum absolute atomic E-state index is 4.62. The average Bonchev–Trinajstić information content (AvgIpc) is 1.35.